The third-order valence-electron chi connectivity index (χ3n) is 4.18. The van der Waals surface area contributed by atoms with E-state index in [9.17, 15) is 4.79 Å². The predicted octanol–water partition coefficient (Wildman–Crippen LogP) is 2.40. The molecule has 1 aromatic heterocycles. The van der Waals surface area contributed by atoms with Crippen LogP contribution in [0.3, 0.4) is 0 Å². The fourth-order valence-corrected chi connectivity index (χ4v) is 3.41. The number of hydrogen-bond acceptors (Lipinski definition) is 4. The lowest BCUT2D eigenvalue weighted by Crippen LogP contribution is -2.39. The van der Waals surface area contributed by atoms with Crippen molar-refractivity contribution in [3.63, 3.8) is 0 Å². The first-order valence-electron chi connectivity index (χ1n) is 6.96. The molecule has 1 aromatic rings. The van der Waals surface area contributed by atoms with Crippen molar-refractivity contribution < 1.29 is 4.79 Å². The Bertz CT molecular complexity index is 399. The minimum absolute atomic E-state index is 0.0473. The van der Waals surface area contributed by atoms with Gasteiger partial charge in [0.15, 0.2) is 0 Å². The van der Waals surface area contributed by atoms with Gasteiger partial charge in [0, 0.05) is 18.8 Å². The molecule has 2 N–H and O–H groups in total. The first-order valence-corrected chi connectivity index (χ1v) is 7.91. The average molecular weight is 281 g/mol. The van der Waals surface area contributed by atoms with Gasteiger partial charge in [-0.3, -0.25) is 4.79 Å². The molecule has 5 heteroatoms. The Morgan fingerprint density at radius 2 is 2.21 bits per heavy atom. The lowest BCUT2D eigenvalue weighted by atomic mass is 9.71. The van der Waals surface area contributed by atoms with E-state index in [-0.39, 0.29) is 11.3 Å². The van der Waals surface area contributed by atoms with Crippen molar-refractivity contribution in [2.75, 3.05) is 13.6 Å². The average Bonchev–Trinajstić information content (AvgIpc) is 2.92. The van der Waals surface area contributed by atoms with Crippen molar-refractivity contribution in [3.8, 4) is 0 Å². The summed E-state index contributed by atoms with van der Waals surface area (Å²) in [6.07, 6.45) is 6.48. The molecule has 1 heterocycles. The number of nitrogens with zero attached hydrogens (tertiary/aromatic N) is 2. The molecule has 0 radical (unpaired) electrons. The van der Waals surface area contributed by atoms with Crippen LogP contribution >= 0.6 is 11.3 Å². The summed E-state index contributed by atoms with van der Waals surface area (Å²) in [6.45, 7) is 1.23. The maximum atomic E-state index is 12.3. The van der Waals surface area contributed by atoms with Crippen LogP contribution in [0.2, 0.25) is 0 Å². The van der Waals surface area contributed by atoms with Crippen LogP contribution in [0.15, 0.2) is 10.9 Å². The van der Waals surface area contributed by atoms with Crippen molar-refractivity contribution in [1.82, 2.24) is 9.88 Å². The van der Waals surface area contributed by atoms with Crippen LogP contribution in [0.25, 0.3) is 0 Å². The van der Waals surface area contributed by atoms with Crippen LogP contribution in [0, 0.1) is 5.41 Å². The fourth-order valence-electron chi connectivity index (χ4n) is 2.86. The molecule has 106 valence electrons. The van der Waals surface area contributed by atoms with E-state index in [1.54, 1.807) is 21.7 Å². The van der Waals surface area contributed by atoms with Gasteiger partial charge in [-0.05, 0) is 24.8 Å². The van der Waals surface area contributed by atoms with Gasteiger partial charge < -0.3 is 10.6 Å². The van der Waals surface area contributed by atoms with Crippen molar-refractivity contribution in [2.45, 2.75) is 45.1 Å². The molecule has 0 bridgehead atoms. The molecule has 0 unspecified atom stereocenters. The summed E-state index contributed by atoms with van der Waals surface area (Å²) in [7, 11) is 1.86. The molecule has 0 spiro atoms. The number of hydrogen-bond donors (Lipinski definition) is 1. The third-order valence-corrected chi connectivity index (χ3v) is 4.82. The maximum absolute atomic E-state index is 12.3. The van der Waals surface area contributed by atoms with Gasteiger partial charge >= 0.3 is 0 Å². The van der Waals surface area contributed by atoms with E-state index in [4.69, 9.17) is 5.73 Å². The van der Waals surface area contributed by atoms with E-state index in [0.29, 0.717) is 19.5 Å². The Morgan fingerprint density at radius 3 is 2.79 bits per heavy atom. The van der Waals surface area contributed by atoms with Gasteiger partial charge in [-0.2, -0.15) is 0 Å². The number of rotatable bonds is 5. The minimum Gasteiger partial charge on any atom is -0.340 e. The number of thiazole rings is 1. The topological polar surface area (TPSA) is 59.2 Å². The highest BCUT2D eigenvalue weighted by atomic mass is 32.1. The second-order valence-corrected chi connectivity index (χ2v) is 6.39. The highest BCUT2D eigenvalue weighted by molar-refractivity contribution is 7.07. The summed E-state index contributed by atoms with van der Waals surface area (Å²) in [6, 6.07) is 0. The van der Waals surface area contributed by atoms with E-state index in [1.165, 1.54) is 19.3 Å². The van der Waals surface area contributed by atoms with Crippen LogP contribution < -0.4 is 5.73 Å². The highest BCUT2D eigenvalue weighted by Crippen LogP contribution is 2.38. The van der Waals surface area contributed by atoms with Gasteiger partial charge in [0.2, 0.25) is 5.91 Å². The lowest BCUT2D eigenvalue weighted by Gasteiger charge is -2.36. The smallest absolute Gasteiger partial charge is 0.223 e. The molecule has 0 atom stereocenters. The predicted molar refractivity (Wildman–Crippen MR) is 77.8 cm³/mol. The summed E-state index contributed by atoms with van der Waals surface area (Å²) < 4.78 is 0. The second-order valence-electron chi connectivity index (χ2n) is 5.67. The molecule has 1 amide bonds. The normalized spacial score (nSPS) is 18.2. The van der Waals surface area contributed by atoms with Crippen molar-refractivity contribution in [2.24, 2.45) is 11.1 Å². The summed E-state index contributed by atoms with van der Waals surface area (Å²) >= 11 is 1.56. The van der Waals surface area contributed by atoms with Gasteiger partial charge in [-0.15, -0.1) is 11.3 Å². The number of carbonyl (C=O) groups is 1. The standard InChI is InChI=1S/C14H23N3OS/c1-17(8-12-9-19-11-16-12)13(18)7-14(10-15)5-3-2-4-6-14/h9,11H,2-8,10,15H2,1H3. The fraction of sp³-hybridized carbons (Fsp3) is 0.714. The lowest BCUT2D eigenvalue weighted by molar-refractivity contribution is -0.133. The molecule has 1 saturated carbocycles. The van der Waals surface area contributed by atoms with Crippen molar-refractivity contribution in [3.05, 3.63) is 16.6 Å². The first kappa shape index (κ1) is 14.5. The molecular weight excluding hydrogens is 258 g/mol. The molecule has 0 saturated heterocycles. The monoisotopic (exact) mass is 281 g/mol. The Kier molecular flexibility index (Phi) is 4.93. The SMILES string of the molecule is CN(Cc1cscn1)C(=O)CC1(CN)CCCCC1. The molecule has 4 nitrogen and oxygen atoms in total. The summed E-state index contributed by atoms with van der Waals surface area (Å²) in [5.41, 5.74) is 8.75. The van der Waals surface area contributed by atoms with Gasteiger partial charge in [0.05, 0.1) is 17.7 Å². The van der Waals surface area contributed by atoms with E-state index in [0.717, 1.165) is 18.5 Å². The molecule has 0 aliphatic heterocycles. The third kappa shape index (κ3) is 3.76. The molecule has 19 heavy (non-hydrogen) atoms. The Morgan fingerprint density at radius 1 is 1.47 bits per heavy atom. The second kappa shape index (κ2) is 6.48. The van der Waals surface area contributed by atoms with Crippen LogP contribution in [0.5, 0.6) is 0 Å². The maximum Gasteiger partial charge on any atom is 0.223 e. The zero-order valence-corrected chi connectivity index (χ0v) is 12.4. The molecule has 1 fully saturated rings. The number of aromatic nitrogens is 1. The number of nitrogens with two attached hydrogens (primary N) is 1. The molecule has 0 aromatic carbocycles. The van der Waals surface area contributed by atoms with Gasteiger partial charge in [-0.25, -0.2) is 4.98 Å². The van der Waals surface area contributed by atoms with E-state index >= 15 is 0 Å². The summed E-state index contributed by atoms with van der Waals surface area (Å²) in [4.78, 5) is 18.3. The van der Waals surface area contributed by atoms with Crippen LogP contribution in [0.4, 0.5) is 0 Å². The van der Waals surface area contributed by atoms with Crippen LogP contribution in [-0.4, -0.2) is 29.4 Å². The highest BCUT2D eigenvalue weighted by Gasteiger charge is 2.33. The quantitative estimate of drug-likeness (QED) is 0.901. The zero-order valence-electron chi connectivity index (χ0n) is 11.6. The summed E-state index contributed by atoms with van der Waals surface area (Å²) in [5, 5.41) is 1.99. The number of carbonyl (C=O) groups excluding carboxylic acids is 1. The Labute approximate surface area is 119 Å². The van der Waals surface area contributed by atoms with Gasteiger partial charge in [0.25, 0.3) is 0 Å². The summed E-state index contributed by atoms with van der Waals surface area (Å²) in [5.74, 6) is 0.195. The molecular formula is C14H23N3OS. The van der Waals surface area contributed by atoms with E-state index < -0.39 is 0 Å². The Hall–Kier alpha value is -0.940. The molecule has 1 aliphatic carbocycles. The minimum atomic E-state index is 0.0473. The van der Waals surface area contributed by atoms with Crippen molar-refractivity contribution in [1.29, 1.82) is 0 Å². The van der Waals surface area contributed by atoms with Crippen molar-refractivity contribution >= 4 is 17.2 Å². The first-order chi connectivity index (χ1) is 9.15. The zero-order chi connectivity index (χ0) is 13.7. The van der Waals surface area contributed by atoms with Crippen LogP contribution in [-0.2, 0) is 11.3 Å². The largest absolute Gasteiger partial charge is 0.340 e. The number of amides is 1. The van der Waals surface area contributed by atoms with Gasteiger partial charge in [0.1, 0.15) is 0 Å². The van der Waals surface area contributed by atoms with E-state index in [1.807, 2.05) is 12.4 Å². The van der Waals surface area contributed by atoms with Crippen LogP contribution in [0.1, 0.15) is 44.2 Å². The van der Waals surface area contributed by atoms with Gasteiger partial charge in [-0.1, -0.05) is 19.3 Å². The Balaban J connectivity index is 1.91. The molecule has 1 aliphatic rings. The van der Waals surface area contributed by atoms with E-state index in [2.05, 4.69) is 4.98 Å². The molecule has 2 rings (SSSR count).